The highest BCUT2D eigenvalue weighted by Gasteiger charge is 2.11. The summed E-state index contributed by atoms with van der Waals surface area (Å²) in [5, 5.41) is 0. The van der Waals surface area contributed by atoms with Crippen molar-refractivity contribution in [3.05, 3.63) is 57.8 Å². The van der Waals surface area contributed by atoms with Crippen LogP contribution in [0.1, 0.15) is 24.1 Å². The van der Waals surface area contributed by atoms with Gasteiger partial charge in [-0.2, -0.15) is 0 Å². The second kappa shape index (κ2) is 6.91. The van der Waals surface area contributed by atoms with Crippen molar-refractivity contribution in [1.29, 1.82) is 0 Å². The molecule has 2 rings (SSSR count). The molecule has 0 saturated carbocycles. The summed E-state index contributed by atoms with van der Waals surface area (Å²) in [7, 11) is 1.61. The van der Waals surface area contributed by atoms with Gasteiger partial charge in [0.2, 0.25) is 0 Å². The van der Waals surface area contributed by atoms with Crippen molar-refractivity contribution in [2.24, 2.45) is 5.73 Å². The van der Waals surface area contributed by atoms with Gasteiger partial charge in [-0.15, -0.1) is 0 Å². The monoisotopic (exact) mass is 353 g/mol. The van der Waals surface area contributed by atoms with Gasteiger partial charge in [0, 0.05) is 27.7 Å². The fraction of sp³-hybridized carbons (Fsp3) is 0.250. The second-order valence-electron chi connectivity index (χ2n) is 4.72. The van der Waals surface area contributed by atoms with E-state index in [9.17, 15) is 4.39 Å². The van der Waals surface area contributed by atoms with Crippen molar-refractivity contribution in [1.82, 2.24) is 0 Å². The first-order chi connectivity index (χ1) is 10.0. The molecule has 0 saturated heterocycles. The minimum atomic E-state index is -0.348. The van der Waals surface area contributed by atoms with Crippen LogP contribution in [0.4, 0.5) is 4.39 Å². The molecule has 0 aromatic heterocycles. The fourth-order valence-corrected chi connectivity index (χ4v) is 2.31. The van der Waals surface area contributed by atoms with Crippen LogP contribution in [0.5, 0.6) is 11.5 Å². The van der Waals surface area contributed by atoms with E-state index in [1.54, 1.807) is 13.2 Å². The number of halogens is 2. The summed E-state index contributed by atoms with van der Waals surface area (Å²) in [6.45, 7) is 2.13. The van der Waals surface area contributed by atoms with E-state index in [4.69, 9.17) is 15.2 Å². The lowest BCUT2D eigenvalue weighted by Crippen LogP contribution is -2.08. The van der Waals surface area contributed by atoms with Crippen molar-refractivity contribution in [2.75, 3.05) is 7.11 Å². The molecular formula is C16H17BrFNO2. The van der Waals surface area contributed by atoms with E-state index in [1.165, 1.54) is 12.1 Å². The lowest BCUT2D eigenvalue weighted by atomic mass is 10.1. The van der Waals surface area contributed by atoms with Crippen LogP contribution < -0.4 is 15.2 Å². The van der Waals surface area contributed by atoms with Gasteiger partial charge in [0.25, 0.3) is 0 Å². The van der Waals surface area contributed by atoms with Crippen LogP contribution in [0, 0.1) is 5.82 Å². The predicted molar refractivity (Wildman–Crippen MR) is 84.0 cm³/mol. The Morgan fingerprint density at radius 2 is 2.00 bits per heavy atom. The van der Waals surface area contributed by atoms with Crippen LogP contribution >= 0.6 is 15.9 Å². The fourth-order valence-electron chi connectivity index (χ4n) is 1.95. The number of rotatable bonds is 5. The number of methoxy groups -OCH3 is 1. The summed E-state index contributed by atoms with van der Waals surface area (Å²) in [6, 6.07) is 9.76. The summed E-state index contributed by atoms with van der Waals surface area (Å²) in [5.74, 6) is 0.849. The zero-order valence-electron chi connectivity index (χ0n) is 11.9. The van der Waals surface area contributed by atoms with Crippen LogP contribution in [0.15, 0.2) is 40.9 Å². The molecule has 0 spiro atoms. The van der Waals surface area contributed by atoms with E-state index in [0.717, 1.165) is 21.3 Å². The molecule has 0 aliphatic carbocycles. The van der Waals surface area contributed by atoms with Crippen molar-refractivity contribution >= 4 is 15.9 Å². The number of hydrogen-bond acceptors (Lipinski definition) is 3. The number of hydrogen-bond donors (Lipinski definition) is 1. The molecule has 0 bridgehead atoms. The second-order valence-corrected chi connectivity index (χ2v) is 5.57. The lowest BCUT2D eigenvalue weighted by molar-refractivity contribution is 0.298. The van der Waals surface area contributed by atoms with Gasteiger partial charge in [-0.3, -0.25) is 0 Å². The highest BCUT2D eigenvalue weighted by molar-refractivity contribution is 9.10. The summed E-state index contributed by atoms with van der Waals surface area (Å²) in [6.07, 6.45) is 0. The molecule has 0 radical (unpaired) electrons. The van der Waals surface area contributed by atoms with Gasteiger partial charge in [0.1, 0.15) is 23.9 Å². The molecular weight excluding hydrogens is 337 g/mol. The number of ether oxygens (including phenoxy) is 2. The Morgan fingerprint density at radius 1 is 1.24 bits per heavy atom. The summed E-state index contributed by atoms with van der Waals surface area (Å²) in [5.41, 5.74) is 7.56. The van der Waals surface area contributed by atoms with E-state index in [0.29, 0.717) is 12.4 Å². The Labute approximate surface area is 132 Å². The molecule has 2 aromatic carbocycles. The molecule has 5 heteroatoms. The third kappa shape index (κ3) is 3.95. The highest BCUT2D eigenvalue weighted by Crippen LogP contribution is 2.28. The standard InChI is InChI=1S/C16H17BrFNO2/c1-10(19)14-5-3-12(18)8-16(14)21-9-11-7-13(20-2)4-6-15(11)17/h3-8,10H,9,19H2,1-2H3/t10-/m0/s1. The van der Waals surface area contributed by atoms with E-state index in [2.05, 4.69) is 15.9 Å². The van der Waals surface area contributed by atoms with Gasteiger partial charge in [0.15, 0.2) is 0 Å². The molecule has 0 unspecified atom stereocenters. The van der Waals surface area contributed by atoms with Gasteiger partial charge < -0.3 is 15.2 Å². The first kappa shape index (κ1) is 15.8. The third-order valence-electron chi connectivity index (χ3n) is 3.10. The molecule has 1 atom stereocenters. The smallest absolute Gasteiger partial charge is 0.127 e. The van der Waals surface area contributed by atoms with Crippen LogP contribution in [-0.2, 0) is 6.61 Å². The Kier molecular flexibility index (Phi) is 5.20. The molecule has 112 valence electrons. The van der Waals surface area contributed by atoms with Crippen LogP contribution in [0.2, 0.25) is 0 Å². The predicted octanol–water partition coefficient (Wildman–Crippen LogP) is 4.20. The molecule has 2 aromatic rings. The molecule has 0 aliphatic rings. The Bertz CT molecular complexity index is 632. The third-order valence-corrected chi connectivity index (χ3v) is 3.88. The first-order valence-electron chi connectivity index (χ1n) is 6.51. The average molecular weight is 354 g/mol. The van der Waals surface area contributed by atoms with Crippen LogP contribution in [0.25, 0.3) is 0 Å². The SMILES string of the molecule is COc1ccc(Br)c(COc2cc(F)ccc2[C@H](C)N)c1. The van der Waals surface area contributed by atoms with Gasteiger partial charge in [-0.25, -0.2) is 4.39 Å². The normalized spacial score (nSPS) is 12.0. The summed E-state index contributed by atoms with van der Waals surface area (Å²) in [4.78, 5) is 0. The molecule has 2 N–H and O–H groups in total. The zero-order chi connectivity index (χ0) is 15.4. The van der Waals surface area contributed by atoms with Gasteiger partial charge in [0.05, 0.1) is 7.11 Å². The largest absolute Gasteiger partial charge is 0.497 e. The minimum absolute atomic E-state index is 0.227. The van der Waals surface area contributed by atoms with Crippen molar-refractivity contribution in [2.45, 2.75) is 19.6 Å². The number of benzene rings is 2. The Balaban J connectivity index is 2.22. The molecule has 3 nitrogen and oxygen atoms in total. The average Bonchev–Trinajstić information content (AvgIpc) is 2.46. The maximum absolute atomic E-state index is 13.4. The summed E-state index contributed by atoms with van der Waals surface area (Å²) < 4.78 is 25.2. The number of nitrogens with two attached hydrogens (primary N) is 1. The molecule has 0 aliphatic heterocycles. The van der Waals surface area contributed by atoms with Crippen molar-refractivity contribution in [3.8, 4) is 11.5 Å². The zero-order valence-corrected chi connectivity index (χ0v) is 13.5. The summed E-state index contributed by atoms with van der Waals surface area (Å²) >= 11 is 3.46. The van der Waals surface area contributed by atoms with E-state index < -0.39 is 0 Å². The van der Waals surface area contributed by atoms with Gasteiger partial charge >= 0.3 is 0 Å². The maximum Gasteiger partial charge on any atom is 0.127 e. The topological polar surface area (TPSA) is 44.5 Å². The molecule has 0 heterocycles. The van der Waals surface area contributed by atoms with Gasteiger partial charge in [-0.1, -0.05) is 22.0 Å². The minimum Gasteiger partial charge on any atom is -0.497 e. The first-order valence-corrected chi connectivity index (χ1v) is 7.31. The van der Waals surface area contributed by atoms with E-state index >= 15 is 0 Å². The highest BCUT2D eigenvalue weighted by atomic mass is 79.9. The maximum atomic E-state index is 13.4. The van der Waals surface area contributed by atoms with Crippen LogP contribution in [0.3, 0.4) is 0 Å². The Morgan fingerprint density at radius 3 is 2.67 bits per heavy atom. The molecule has 0 fully saturated rings. The van der Waals surface area contributed by atoms with Crippen LogP contribution in [-0.4, -0.2) is 7.11 Å². The lowest BCUT2D eigenvalue weighted by Gasteiger charge is -2.15. The van der Waals surface area contributed by atoms with E-state index in [1.807, 2.05) is 25.1 Å². The van der Waals surface area contributed by atoms with Crippen molar-refractivity contribution < 1.29 is 13.9 Å². The molecule has 0 amide bonds. The quantitative estimate of drug-likeness (QED) is 0.876. The molecule has 21 heavy (non-hydrogen) atoms. The van der Waals surface area contributed by atoms with Gasteiger partial charge in [-0.05, 0) is 31.2 Å². The van der Waals surface area contributed by atoms with E-state index in [-0.39, 0.29) is 11.9 Å². The Hall–Kier alpha value is -1.59. The van der Waals surface area contributed by atoms with Crippen molar-refractivity contribution in [3.63, 3.8) is 0 Å².